The fraction of sp³-hybridized carbons (Fsp3) is 0.500. The predicted octanol–water partition coefficient (Wildman–Crippen LogP) is 1.59. The van der Waals surface area contributed by atoms with E-state index < -0.39 is 0 Å². The lowest BCUT2D eigenvalue weighted by Crippen LogP contribution is -2.37. The minimum Gasteiger partial charge on any atom is -0.481 e. The van der Waals surface area contributed by atoms with Gasteiger partial charge in [0.1, 0.15) is 0 Å². The number of ether oxygens (including phenoxy) is 1. The van der Waals surface area contributed by atoms with Crippen LogP contribution >= 0.6 is 12.2 Å². The Morgan fingerprint density at radius 3 is 2.76 bits per heavy atom. The summed E-state index contributed by atoms with van der Waals surface area (Å²) in [6, 6.07) is 6.10. The molecule has 0 unspecified atom stereocenters. The Labute approximate surface area is 108 Å². The topological polar surface area (TPSA) is 51.4 Å². The Balaban J connectivity index is 2.74. The van der Waals surface area contributed by atoms with E-state index in [-0.39, 0.29) is 0 Å². The van der Waals surface area contributed by atoms with E-state index in [0.29, 0.717) is 30.0 Å². The first-order chi connectivity index (χ1) is 8.02. The van der Waals surface area contributed by atoms with Gasteiger partial charge in [0, 0.05) is 25.2 Å². The van der Waals surface area contributed by atoms with E-state index in [1.165, 1.54) is 0 Å². The molecule has 1 rings (SSSR count). The molecule has 0 amide bonds. The largest absolute Gasteiger partial charge is 0.481 e. The maximum atomic E-state index is 5.59. The van der Waals surface area contributed by atoms with E-state index in [0.717, 1.165) is 5.69 Å². The van der Waals surface area contributed by atoms with Crippen molar-refractivity contribution < 1.29 is 4.74 Å². The Morgan fingerprint density at radius 1 is 1.53 bits per heavy atom. The van der Waals surface area contributed by atoms with Gasteiger partial charge in [-0.2, -0.15) is 0 Å². The fourth-order valence-corrected chi connectivity index (χ4v) is 1.65. The standard InChI is InChI=1S/C12H19N3OS/c1-9(2)15(8-11(13)17)7-10-5-4-6-12(14-10)16-3/h4-6,9H,7-8H2,1-3H3,(H2,13,17). The summed E-state index contributed by atoms with van der Waals surface area (Å²) in [4.78, 5) is 7.04. The quantitative estimate of drug-likeness (QED) is 0.780. The molecule has 0 saturated carbocycles. The highest BCUT2D eigenvalue weighted by atomic mass is 32.1. The number of nitrogens with two attached hydrogens (primary N) is 1. The molecule has 0 radical (unpaired) electrons. The Morgan fingerprint density at radius 2 is 2.24 bits per heavy atom. The van der Waals surface area contributed by atoms with Crippen molar-refractivity contribution in [1.82, 2.24) is 9.88 Å². The van der Waals surface area contributed by atoms with Crippen molar-refractivity contribution in [3.63, 3.8) is 0 Å². The number of thiocarbonyl (C=S) groups is 1. The van der Waals surface area contributed by atoms with Crippen molar-refractivity contribution >= 4 is 17.2 Å². The van der Waals surface area contributed by atoms with Crippen LogP contribution in [0.1, 0.15) is 19.5 Å². The van der Waals surface area contributed by atoms with E-state index in [4.69, 9.17) is 22.7 Å². The van der Waals surface area contributed by atoms with Gasteiger partial charge >= 0.3 is 0 Å². The molecule has 1 heterocycles. The maximum absolute atomic E-state index is 5.59. The van der Waals surface area contributed by atoms with Crippen molar-refractivity contribution in [2.24, 2.45) is 5.73 Å². The molecule has 5 heteroatoms. The van der Waals surface area contributed by atoms with Gasteiger partial charge in [0.25, 0.3) is 0 Å². The van der Waals surface area contributed by atoms with Gasteiger partial charge in [0.15, 0.2) is 0 Å². The van der Waals surface area contributed by atoms with Gasteiger partial charge in [-0.15, -0.1) is 0 Å². The van der Waals surface area contributed by atoms with Gasteiger partial charge in [-0.05, 0) is 19.9 Å². The molecule has 0 atom stereocenters. The van der Waals surface area contributed by atoms with Crippen molar-refractivity contribution in [2.75, 3.05) is 13.7 Å². The molecule has 0 aromatic carbocycles. The summed E-state index contributed by atoms with van der Waals surface area (Å²) in [7, 11) is 1.61. The van der Waals surface area contributed by atoms with E-state index in [2.05, 4.69) is 23.7 Å². The van der Waals surface area contributed by atoms with Crippen LogP contribution in [0.25, 0.3) is 0 Å². The summed E-state index contributed by atoms with van der Waals surface area (Å²) in [5.41, 5.74) is 6.54. The van der Waals surface area contributed by atoms with E-state index in [1.54, 1.807) is 7.11 Å². The zero-order chi connectivity index (χ0) is 12.8. The van der Waals surface area contributed by atoms with Crippen LogP contribution in [-0.4, -0.2) is 34.6 Å². The van der Waals surface area contributed by atoms with E-state index >= 15 is 0 Å². The molecule has 4 nitrogen and oxygen atoms in total. The third-order valence-corrected chi connectivity index (χ3v) is 2.57. The van der Waals surface area contributed by atoms with Gasteiger partial charge in [0.05, 0.1) is 17.8 Å². The van der Waals surface area contributed by atoms with Crippen LogP contribution in [0.5, 0.6) is 5.88 Å². The average molecular weight is 253 g/mol. The highest BCUT2D eigenvalue weighted by Gasteiger charge is 2.12. The van der Waals surface area contributed by atoms with Crippen LogP contribution < -0.4 is 10.5 Å². The lowest BCUT2D eigenvalue weighted by Gasteiger charge is -2.25. The van der Waals surface area contributed by atoms with Crippen LogP contribution in [0.2, 0.25) is 0 Å². The molecule has 1 aromatic heterocycles. The molecule has 94 valence electrons. The van der Waals surface area contributed by atoms with Crippen LogP contribution in [0, 0.1) is 0 Å². The highest BCUT2D eigenvalue weighted by molar-refractivity contribution is 7.80. The van der Waals surface area contributed by atoms with Gasteiger partial charge in [-0.3, -0.25) is 4.90 Å². The molecule has 0 spiro atoms. The Kier molecular flexibility index (Phi) is 5.31. The Hall–Kier alpha value is -1.20. The zero-order valence-corrected chi connectivity index (χ0v) is 11.3. The van der Waals surface area contributed by atoms with Crippen LogP contribution in [0.3, 0.4) is 0 Å². The molecule has 0 fully saturated rings. The number of aromatic nitrogens is 1. The van der Waals surface area contributed by atoms with Gasteiger partial charge in [-0.25, -0.2) is 4.98 Å². The number of rotatable bonds is 6. The molecule has 17 heavy (non-hydrogen) atoms. The summed E-state index contributed by atoms with van der Waals surface area (Å²) in [6.07, 6.45) is 0. The molecule has 0 bridgehead atoms. The van der Waals surface area contributed by atoms with Crippen LogP contribution in [-0.2, 0) is 6.54 Å². The maximum Gasteiger partial charge on any atom is 0.213 e. The molecular formula is C12H19N3OS. The van der Waals surface area contributed by atoms with Crippen LogP contribution in [0.4, 0.5) is 0 Å². The first-order valence-corrected chi connectivity index (χ1v) is 5.96. The molecule has 0 aliphatic carbocycles. The minimum atomic E-state index is 0.365. The van der Waals surface area contributed by atoms with Gasteiger partial charge in [-0.1, -0.05) is 18.3 Å². The van der Waals surface area contributed by atoms with Gasteiger partial charge < -0.3 is 10.5 Å². The SMILES string of the molecule is COc1cccc(CN(CC(N)=S)C(C)C)n1. The summed E-state index contributed by atoms with van der Waals surface area (Å²) in [6.45, 7) is 5.54. The summed E-state index contributed by atoms with van der Waals surface area (Å²) in [5, 5.41) is 0. The molecular weight excluding hydrogens is 234 g/mol. The van der Waals surface area contributed by atoms with E-state index in [9.17, 15) is 0 Å². The smallest absolute Gasteiger partial charge is 0.213 e. The molecule has 1 aromatic rings. The van der Waals surface area contributed by atoms with E-state index in [1.807, 2.05) is 18.2 Å². The summed E-state index contributed by atoms with van der Waals surface area (Å²) < 4.78 is 5.10. The number of hydrogen-bond acceptors (Lipinski definition) is 4. The number of methoxy groups -OCH3 is 1. The highest BCUT2D eigenvalue weighted by Crippen LogP contribution is 2.10. The number of nitrogens with zero attached hydrogens (tertiary/aromatic N) is 2. The number of hydrogen-bond donors (Lipinski definition) is 1. The molecule has 2 N–H and O–H groups in total. The first kappa shape index (κ1) is 13.9. The average Bonchev–Trinajstić information content (AvgIpc) is 2.27. The summed E-state index contributed by atoms with van der Waals surface area (Å²) >= 11 is 4.95. The van der Waals surface area contributed by atoms with Crippen molar-refractivity contribution in [2.45, 2.75) is 26.4 Å². The normalized spacial score (nSPS) is 10.9. The lowest BCUT2D eigenvalue weighted by molar-refractivity contribution is 0.241. The first-order valence-electron chi connectivity index (χ1n) is 5.55. The molecule has 0 saturated heterocycles. The molecule has 0 aliphatic heterocycles. The number of pyridine rings is 1. The second kappa shape index (κ2) is 6.51. The Bertz CT molecular complexity index is 382. The second-order valence-electron chi connectivity index (χ2n) is 4.14. The predicted molar refractivity (Wildman–Crippen MR) is 73.1 cm³/mol. The molecule has 0 aliphatic rings. The minimum absolute atomic E-state index is 0.365. The van der Waals surface area contributed by atoms with Gasteiger partial charge in [0.2, 0.25) is 5.88 Å². The van der Waals surface area contributed by atoms with Crippen molar-refractivity contribution in [3.05, 3.63) is 23.9 Å². The second-order valence-corrected chi connectivity index (χ2v) is 4.66. The third-order valence-electron chi connectivity index (χ3n) is 2.44. The van der Waals surface area contributed by atoms with Crippen LogP contribution in [0.15, 0.2) is 18.2 Å². The third kappa shape index (κ3) is 4.66. The fourth-order valence-electron chi connectivity index (χ4n) is 1.49. The monoisotopic (exact) mass is 253 g/mol. The summed E-state index contributed by atoms with van der Waals surface area (Å²) in [5.74, 6) is 0.626. The lowest BCUT2D eigenvalue weighted by atomic mass is 10.2. The van der Waals surface area contributed by atoms with Crippen molar-refractivity contribution in [1.29, 1.82) is 0 Å². The zero-order valence-electron chi connectivity index (χ0n) is 10.5. The van der Waals surface area contributed by atoms with Crippen molar-refractivity contribution in [3.8, 4) is 5.88 Å².